The van der Waals surface area contributed by atoms with Crippen molar-refractivity contribution < 1.29 is 18.3 Å². The predicted molar refractivity (Wildman–Crippen MR) is 126 cm³/mol. The SMILES string of the molecule is CN(C(=O)CNc1ccccc1CNS(C)(=O)=O)[C@H](CN1CCC(O)C1)c1ccccc1. The molecule has 0 bridgehead atoms. The number of hydrogen-bond donors (Lipinski definition) is 3. The number of anilines is 1. The van der Waals surface area contributed by atoms with Crippen molar-refractivity contribution in [3.8, 4) is 0 Å². The van der Waals surface area contributed by atoms with Gasteiger partial charge in [0, 0.05) is 38.9 Å². The maximum Gasteiger partial charge on any atom is 0.242 e. The summed E-state index contributed by atoms with van der Waals surface area (Å²) in [6.45, 7) is 2.31. The van der Waals surface area contributed by atoms with Crippen LogP contribution in [0.4, 0.5) is 5.69 Å². The van der Waals surface area contributed by atoms with E-state index in [0.717, 1.165) is 30.3 Å². The van der Waals surface area contributed by atoms with Crippen LogP contribution in [-0.4, -0.2) is 74.8 Å². The summed E-state index contributed by atoms with van der Waals surface area (Å²) in [5.41, 5.74) is 2.52. The summed E-state index contributed by atoms with van der Waals surface area (Å²) in [4.78, 5) is 17.0. The minimum absolute atomic E-state index is 0.0792. The monoisotopic (exact) mass is 460 g/mol. The number of amides is 1. The molecule has 1 amide bonds. The first-order valence-corrected chi connectivity index (χ1v) is 12.6. The Labute approximate surface area is 190 Å². The van der Waals surface area contributed by atoms with Crippen LogP contribution in [0.15, 0.2) is 54.6 Å². The second-order valence-electron chi connectivity index (χ2n) is 8.24. The number of carbonyl (C=O) groups excluding carboxylic acids is 1. The van der Waals surface area contributed by atoms with E-state index in [2.05, 4.69) is 14.9 Å². The smallest absolute Gasteiger partial charge is 0.242 e. The van der Waals surface area contributed by atoms with Gasteiger partial charge in [0.1, 0.15) is 0 Å². The molecule has 1 fully saturated rings. The van der Waals surface area contributed by atoms with Crippen LogP contribution in [0.3, 0.4) is 0 Å². The van der Waals surface area contributed by atoms with Gasteiger partial charge in [-0.2, -0.15) is 0 Å². The van der Waals surface area contributed by atoms with E-state index < -0.39 is 10.0 Å². The second-order valence-corrected chi connectivity index (χ2v) is 10.1. The molecule has 0 aromatic heterocycles. The van der Waals surface area contributed by atoms with Crippen molar-refractivity contribution in [1.82, 2.24) is 14.5 Å². The maximum absolute atomic E-state index is 13.1. The van der Waals surface area contributed by atoms with Gasteiger partial charge < -0.3 is 15.3 Å². The van der Waals surface area contributed by atoms with Crippen LogP contribution >= 0.6 is 0 Å². The largest absolute Gasteiger partial charge is 0.392 e. The van der Waals surface area contributed by atoms with Crippen molar-refractivity contribution in [2.45, 2.75) is 25.1 Å². The molecule has 0 radical (unpaired) electrons. The Morgan fingerprint density at radius 3 is 2.53 bits per heavy atom. The van der Waals surface area contributed by atoms with Crippen LogP contribution in [0.5, 0.6) is 0 Å². The van der Waals surface area contributed by atoms with E-state index in [1.54, 1.807) is 11.9 Å². The highest BCUT2D eigenvalue weighted by Crippen LogP contribution is 2.23. The van der Waals surface area contributed by atoms with E-state index >= 15 is 0 Å². The first-order valence-electron chi connectivity index (χ1n) is 10.7. The van der Waals surface area contributed by atoms with Crippen LogP contribution in [0, 0.1) is 0 Å². The van der Waals surface area contributed by atoms with Crippen LogP contribution in [0.2, 0.25) is 0 Å². The number of nitrogens with zero attached hydrogens (tertiary/aromatic N) is 2. The number of benzene rings is 2. The molecule has 1 unspecified atom stereocenters. The van der Waals surface area contributed by atoms with E-state index in [1.807, 2.05) is 54.6 Å². The number of β-amino-alcohol motifs (C(OH)–C–C–N with tert-alkyl or cyclic N) is 1. The van der Waals surface area contributed by atoms with Crippen molar-refractivity contribution in [2.24, 2.45) is 0 Å². The maximum atomic E-state index is 13.1. The number of para-hydroxylation sites is 1. The third kappa shape index (κ3) is 7.03. The molecule has 3 N–H and O–H groups in total. The van der Waals surface area contributed by atoms with Gasteiger partial charge in [0.05, 0.1) is 24.9 Å². The van der Waals surface area contributed by atoms with Gasteiger partial charge in [-0.25, -0.2) is 13.1 Å². The van der Waals surface area contributed by atoms with Gasteiger partial charge >= 0.3 is 0 Å². The summed E-state index contributed by atoms with van der Waals surface area (Å²) in [5.74, 6) is -0.0792. The fourth-order valence-electron chi connectivity index (χ4n) is 3.87. The summed E-state index contributed by atoms with van der Waals surface area (Å²) < 4.78 is 25.3. The van der Waals surface area contributed by atoms with Gasteiger partial charge in [-0.1, -0.05) is 48.5 Å². The van der Waals surface area contributed by atoms with Crippen molar-refractivity contribution in [1.29, 1.82) is 0 Å². The fourth-order valence-corrected chi connectivity index (χ4v) is 4.29. The van der Waals surface area contributed by atoms with Crippen molar-refractivity contribution in [2.75, 3.05) is 44.8 Å². The average Bonchev–Trinajstić information content (AvgIpc) is 3.19. The zero-order chi connectivity index (χ0) is 23.1. The number of likely N-dealkylation sites (tertiary alicyclic amines) is 1. The van der Waals surface area contributed by atoms with Crippen LogP contribution < -0.4 is 10.0 Å². The molecule has 2 atom stereocenters. The highest BCUT2D eigenvalue weighted by atomic mass is 32.2. The zero-order valence-corrected chi connectivity index (χ0v) is 19.4. The summed E-state index contributed by atoms with van der Waals surface area (Å²) in [7, 11) is -1.52. The lowest BCUT2D eigenvalue weighted by atomic mass is 10.0. The summed E-state index contributed by atoms with van der Waals surface area (Å²) in [6, 6.07) is 17.1. The Morgan fingerprint density at radius 1 is 1.19 bits per heavy atom. The van der Waals surface area contributed by atoms with E-state index in [-0.39, 0.29) is 31.1 Å². The highest BCUT2D eigenvalue weighted by Gasteiger charge is 2.28. The van der Waals surface area contributed by atoms with Gasteiger partial charge in [0.15, 0.2) is 0 Å². The molecule has 1 heterocycles. The molecule has 0 aliphatic carbocycles. The standard InChI is InChI=1S/C23H32N4O4S/c1-26(22(18-8-4-3-5-9-18)17-27-13-12-20(28)16-27)23(29)15-24-21-11-7-6-10-19(21)14-25-32(2,30)31/h3-11,20,22,24-25,28H,12-17H2,1-2H3/t20?,22-/m1/s1. The molecule has 8 nitrogen and oxygen atoms in total. The number of sulfonamides is 1. The van der Waals surface area contributed by atoms with E-state index in [4.69, 9.17) is 0 Å². The average molecular weight is 461 g/mol. The lowest BCUT2D eigenvalue weighted by Gasteiger charge is -2.32. The number of aliphatic hydroxyl groups excluding tert-OH is 1. The molecule has 174 valence electrons. The number of hydrogen-bond acceptors (Lipinski definition) is 6. The van der Waals surface area contributed by atoms with Gasteiger partial charge in [-0.15, -0.1) is 0 Å². The molecular formula is C23H32N4O4S. The molecular weight excluding hydrogens is 428 g/mol. The molecule has 9 heteroatoms. The van der Waals surface area contributed by atoms with Crippen molar-refractivity contribution in [3.63, 3.8) is 0 Å². The Bertz CT molecular complexity index is 1000. The van der Waals surface area contributed by atoms with Crippen molar-refractivity contribution in [3.05, 3.63) is 65.7 Å². The molecule has 2 aromatic rings. The Hall–Kier alpha value is -2.46. The Kier molecular flexibility index (Phi) is 8.25. The van der Waals surface area contributed by atoms with Gasteiger partial charge in [0.2, 0.25) is 15.9 Å². The summed E-state index contributed by atoms with van der Waals surface area (Å²) in [5, 5.41) is 13.0. The fraction of sp³-hybridized carbons (Fsp3) is 0.435. The minimum Gasteiger partial charge on any atom is -0.392 e. The van der Waals surface area contributed by atoms with Gasteiger partial charge in [0.25, 0.3) is 0 Å². The number of nitrogens with one attached hydrogen (secondary N) is 2. The van der Waals surface area contributed by atoms with Crippen LogP contribution in [0.1, 0.15) is 23.6 Å². The van der Waals surface area contributed by atoms with Gasteiger partial charge in [-0.3, -0.25) is 9.69 Å². The summed E-state index contributed by atoms with van der Waals surface area (Å²) >= 11 is 0. The molecule has 32 heavy (non-hydrogen) atoms. The molecule has 1 saturated heterocycles. The molecule has 1 aliphatic heterocycles. The number of rotatable bonds is 10. The zero-order valence-electron chi connectivity index (χ0n) is 18.6. The predicted octanol–water partition coefficient (Wildman–Crippen LogP) is 1.41. The highest BCUT2D eigenvalue weighted by molar-refractivity contribution is 7.88. The first kappa shape index (κ1) is 24.2. The van der Waals surface area contributed by atoms with E-state index in [9.17, 15) is 18.3 Å². The minimum atomic E-state index is -3.32. The third-order valence-electron chi connectivity index (χ3n) is 5.70. The number of likely N-dealkylation sites (N-methyl/N-ethyl adjacent to an activating group) is 1. The molecule has 2 aromatic carbocycles. The lowest BCUT2D eigenvalue weighted by Crippen LogP contribution is -2.41. The Balaban J connectivity index is 1.67. The molecule has 0 saturated carbocycles. The van der Waals surface area contributed by atoms with E-state index in [1.165, 1.54) is 0 Å². The number of carbonyl (C=O) groups is 1. The normalized spacial score (nSPS) is 17.8. The van der Waals surface area contributed by atoms with Crippen LogP contribution in [0.25, 0.3) is 0 Å². The van der Waals surface area contributed by atoms with Gasteiger partial charge in [-0.05, 0) is 23.6 Å². The second kappa shape index (κ2) is 10.9. The summed E-state index contributed by atoms with van der Waals surface area (Å²) in [6.07, 6.45) is 1.55. The van der Waals surface area contributed by atoms with E-state index in [0.29, 0.717) is 18.8 Å². The lowest BCUT2D eigenvalue weighted by molar-refractivity contribution is -0.130. The Morgan fingerprint density at radius 2 is 1.88 bits per heavy atom. The third-order valence-corrected chi connectivity index (χ3v) is 6.36. The first-order chi connectivity index (χ1) is 15.2. The number of aliphatic hydroxyl groups is 1. The van der Waals surface area contributed by atoms with Crippen LogP contribution in [-0.2, 0) is 21.4 Å². The quantitative estimate of drug-likeness (QED) is 0.496. The molecule has 1 aliphatic rings. The molecule has 3 rings (SSSR count). The van der Waals surface area contributed by atoms with Crippen molar-refractivity contribution >= 4 is 21.6 Å². The topological polar surface area (TPSA) is 102 Å². The molecule has 0 spiro atoms.